The van der Waals surface area contributed by atoms with Gasteiger partial charge in [0.1, 0.15) is 11.6 Å². The maximum absolute atomic E-state index is 11.9. The molecule has 8 nitrogen and oxygen atoms in total. The molecule has 0 aromatic carbocycles. The van der Waals surface area contributed by atoms with Crippen LogP contribution in [0.4, 0.5) is 0 Å². The fraction of sp³-hybridized carbons (Fsp3) is 0.909. The Kier molecular flexibility index (Phi) is 18.6. The van der Waals surface area contributed by atoms with Crippen LogP contribution in [0, 0.1) is 11.8 Å². The topological polar surface area (TPSA) is 133 Å². The summed E-state index contributed by atoms with van der Waals surface area (Å²) in [6.45, 7) is 7.53. The third-order valence-corrected chi connectivity index (χ3v) is 7.61. The van der Waals surface area contributed by atoms with Crippen LogP contribution in [-0.4, -0.2) is 66.0 Å². The molecule has 0 aromatic heterocycles. The number of hydrogen-bond donors (Lipinski definition) is 0. The van der Waals surface area contributed by atoms with Crippen molar-refractivity contribution in [2.75, 3.05) is 26.4 Å². The van der Waals surface area contributed by atoms with Gasteiger partial charge < -0.3 is 18.6 Å². The van der Waals surface area contributed by atoms with Gasteiger partial charge in [0.15, 0.2) is 0 Å². The van der Waals surface area contributed by atoms with Crippen molar-refractivity contribution in [3.05, 3.63) is 0 Å². The highest BCUT2D eigenvalue weighted by Crippen LogP contribution is 2.17. The molecule has 6 unspecified atom stereocenters. The Morgan fingerprint density at radius 1 is 0.750 bits per heavy atom. The molecule has 0 rings (SSSR count). The molecule has 32 heavy (non-hydrogen) atoms. The number of carbonyl (C=O) groups excluding carboxylic acids is 2. The molecular formula is C22H40O8S2-2. The first-order valence-electron chi connectivity index (χ1n) is 11.5. The van der Waals surface area contributed by atoms with Gasteiger partial charge in [-0.25, -0.2) is 0 Å². The van der Waals surface area contributed by atoms with Gasteiger partial charge >= 0.3 is 0 Å². The first-order valence-corrected chi connectivity index (χ1v) is 13.8. The van der Waals surface area contributed by atoms with Gasteiger partial charge in [-0.3, -0.25) is 18.0 Å². The van der Waals surface area contributed by atoms with E-state index < -0.39 is 32.7 Å². The largest absolute Gasteiger partial charge is 0.772 e. The Morgan fingerprint density at radius 2 is 1.09 bits per heavy atom. The summed E-state index contributed by atoms with van der Waals surface area (Å²) in [6, 6.07) is 0. The van der Waals surface area contributed by atoms with E-state index in [1.165, 1.54) is 0 Å². The number of ketones is 2. The lowest BCUT2D eigenvalue weighted by molar-refractivity contribution is -0.121. The fourth-order valence-electron chi connectivity index (χ4n) is 3.27. The third-order valence-electron chi connectivity index (χ3n) is 5.42. The van der Waals surface area contributed by atoms with Gasteiger partial charge in [0.2, 0.25) is 0 Å². The molecule has 190 valence electrons. The van der Waals surface area contributed by atoms with E-state index in [1.807, 2.05) is 13.8 Å². The van der Waals surface area contributed by atoms with Gasteiger partial charge in [0.25, 0.3) is 0 Å². The van der Waals surface area contributed by atoms with E-state index in [0.717, 1.165) is 25.7 Å². The maximum atomic E-state index is 11.9. The number of ether oxygens (including phenoxy) is 2. The lowest BCUT2D eigenvalue weighted by Gasteiger charge is -2.26. The van der Waals surface area contributed by atoms with Crippen LogP contribution in [0.3, 0.4) is 0 Å². The molecule has 0 fully saturated rings. The molecule has 0 aliphatic rings. The predicted molar refractivity (Wildman–Crippen MR) is 124 cm³/mol. The molecule has 0 saturated heterocycles. The average molecular weight is 497 g/mol. The van der Waals surface area contributed by atoms with E-state index in [9.17, 15) is 27.1 Å². The smallest absolute Gasteiger partial charge is 0.133 e. The highest BCUT2D eigenvalue weighted by atomic mass is 32.2. The minimum Gasteiger partial charge on any atom is -0.772 e. The standard InChI is InChI=1S/C22H42O8S2/c1-5-7-9-19(23)13-17(3)21(31(25)26)15-29-11-12-30-16-22(32(27)28)18(4)14-20(24)10-8-6-2/h17-18,21-22H,5-16H2,1-4H3,(H,25,26)(H,27,28)/p-2. The summed E-state index contributed by atoms with van der Waals surface area (Å²) in [6.07, 6.45) is 4.73. The first-order chi connectivity index (χ1) is 15.1. The minimum atomic E-state index is -2.37. The van der Waals surface area contributed by atoms with Gasteiger partial charge in [0, 0.05) is 36.2 Å². The zero-order valence-corrected chi connectivity index (χ0v) is 21.5. The van der Waals surface area contributed by atoms with E-state index in [1.54, 1.807) is 13.8 Å². The van der Waals surface area contributed by atoms with Crippen LogP contribution >= 0.6 is 0 Å². The van der Waals surface area contributed by atoms with Crippen molar-refractivity contribution in [2.45, 2.75) is 89.6 Å². The molecule has 6 atom stereocenters. The second-order valence-corrected chi connectivity index (χ2v) is 10.6. The van der Waals surface area contributed by atoms with Gasteiger partial charge in [-0.2, -0.15) is 0 Å². The van der Waals surface area contributed by atoms with E-state index in [0.29, 0.717) is 12.8 Å². The number of unbranched alkanes of at least 4 members (excludes halogenated alkanes) is 2. The summed E-state index contributed by atoms with van der Waals surface area (Å²) in [5.41, 5.74) is 0. The second-order valence-electron chi connectivity index (χ2n) is 8.39. The Balaban J connectivity index is 4.35. The summed E-state index contributed by atoms with van der Waals surface area (Å²) in [5.74, 6) is -0.594. The first kappa shape index (κ1) is 31.5. The third kappa shape index (κ3) is 14.6. The normalized spacial score (nSPS) is 17.3. The molecule has 0 amide bonds. The molecule has 0 aliphatic carbocycles. The van der Waals surface area contributed by atoms with Crippen LogP contribution in [0.15, 0.2) is 0 Å². The SMILES string of the molecule is CCCCC(=O)CC(C)C(COCCOCC(C(C)CC(=O)CCCC)S(=O)[O-])S(=O)[O-]. The molecule has 0 heterocycles. The summed E-state index contributed by atoms with van der Waals surface area (Å²) >= 11 is -4.75. The Morgan fingerprint density at radius 3 is 1.38 bits per heavy atom. The van der Waals surface area contributed by atoms with Crippen LogP contribution in [0.5, 0.6) is 0 Å². The highest BCUT2D eigenvalue weighted by Gasteiger charge is 2.22. The predicted octanol–water partition coefficient (Wildman–Crippen LogP) is 3.09. The van der Waals surface area contributed by atoms with Crippen molar-refractivity contribution in [1.82, 2.24) is 0 Å². The fourth-order valence-corrected chi connectivity index (χ4v) is 4.63. The van der Waals surface area contributed by atoms with Crippen molar-refractivity contribution in [3.63, 3.8) is 0 Å². The lowest BCUT2D eigenvalue weighted by Crippen LogP contribution is -2.32. The van der Waals surface area contributed by atoms with Crippen LogP contribution in [0.2, 0.25) is 0 Å². The molecule has 0 aliphatic heterocycles. The quantitative estimate of drug-likeness (QED) is 0.175. The number of hydrogen-bond acceptors (Lipinski definition) is 8. The van der Waals surface area contributed by atoms with Gasteiger partial charge in [-0.1, -0.05) is 40.5 Å². The van der Waals surface area contributed by atoms with Gasteiger partial charge in [0.05, 0.1) is 26.4 Å². The monoisotopic (exact) mass is 496 g/mol. The maximum Gasteiger partial charge on any atom is 0.133 e. The van der Waals surface area contributed by atoms with Crippen molar-refractivity contribution in [3.8, 4) is 0 Å². The molecule has 0 aromatic rings. The van der Waals surface area contributed by atoms with Crippen molar-refractivity contribution >= 4 is 33.7 Å². The molecule has 10 heteroatoms. The zero-order chi connectivity index (χ0) is 24.5. The Labute approximate surface area is 198 Å². The van der Waals surface area contributed by atoms with Crippen molar-refractivity contribution < 1.29 is 36.6 Å². The number of carbonyl (C=O) groups is 2. The average Bonchev–Trinajstić information content (AvgIpc) is 2.71. The minimum absolute atomic E-state index is 0.0529. The highest BCUT2D eigenvalue weighted by molar-refractivity contribution is 7.80. The summed E-state index contributed by atoms with van der Waals surface area (Å²) in [7, 11) is 0. The zero-order valence-electron chi connectivity index (χ0n) is 19.9. The summed E-state index contributed by atoms with van der Waals surface area (Å²) in [5, 5.41) is -1.59. The van der Waals surface area contributed by atoms with Gasteiger partial charge in [-0.05, 0) is 46.8 Å². The van der Waals surface area contributed by atoms with E-state index in [4.69, 9.17) is 9.47 Å². The van der Waals surface area contributed by atoms with E-state index in [2.05, 4.69) is 0 Å². The lowest BCUT2D eigenvalue weighted by atomic mass is 9.98. The molecule has 0 spiro atoms. The van der Waals surface area contributed by atoms with E-state index in [-0.39, 0.29) is 62.7 Å². The number of Topliss-reactive ketones (excluding diaryl/α,β-unsaturated/α-hetero) is 2. The summed E-state index contributed by atoms with van der Waals surface area (Å²) in [4.78, 5) is 23.8. The number of rotatable bonds is 21. The van der Waals surface area contributed by atoms with Crippen LogP contribution in [0.25, 0.3) is 0 Å². The van der Waals surface area contributed by atoms with Gasteiger partial charge in [-0.15, -0.1) is 0 Å². The van der Waals surface area contributed by atoms with Crippen LogP contribution in [-0.2, 0) is 41.2 Å². The molecule has 0 saturated carbocycles. The Hall–Kier alpha value is -0.520. The van der Waals surface area contributed by atoms with Crippen LogP contribution < -0.4 is 0 Å². The van der Waals surface area contributed by atoms with Crippen molar-refractivity contribution in [1.29, 1.82) is 0 Å². The molecule has 0 radical (unpaired) electrons. The Bertz CT molecular complexity index is 534. The van der Waals surface area contributed by atoms with Crippen molar-refractivity contribution in [2.24, 2.45) is 11.8 Å². The molecule has 0 bridgehead atoms. The second kappa shape index (κ2) is 18.9. The summed E-state index contributed by atoms with van der Waals surface area (Å²) < 4.78 is 57.0. The molecule has 0 N–H and O–H groups in total. The van der Waals surface area contributed by atoms with E-state index >= 15 is 0 Å². The molecular weight excluding hydrogens is 456 g/mol. The van der Waals surface area contributed by atoms with Crippen LogP contribution in [0.1, 0.15) is 79.1 Å².